The zero-order chi connectivity index (χ0) is 10.8. The van der Waals surface area contributed by atoms with E-state index in [0.29, 0.717) is 6.54 Å². The second kappa shape index (κ2) is 4.45. The molecule has 1 rings (SSSR count). The fourth-order valence-corrected chi connectivity index (χ4v) is 2.35. The van der Waals surface area contributed by atoms with Crippen molar-refractivity contribution in [1.82, 2.24) is 9.78 Å². The zero-order valence-corrected chi connectivity index (χ0v) is 10.6. The zero-order valence-electron chi connectivity index (χ0n) is 9.05. The van der Waals surface area contributed by atoms with E-state index in [9.17, 15) is 0 Å². The molecule has 14 heavy (non-hydrogen) atoms. The van der Waals surface area contributed by atoms with Crippen LogP contribution in [0.4, 0.5) is 0 Å². The van der Waals surface area contributed by atoms with Crippen molar-refractivity contribution in [3.05, 3.63) is 16.4 Å². The van der Waals surface area contributed by atoms with Crippen molar-refractivity contribution in [3.63, 3.8) is 0 Å². The van der Waals surface area contributed by atoms with Crippen LogP contribution in [0.1, 0.15) is 32.9 Å². The van der Waals surface area contributed by atoms with E-state index in [0.717, 1.165) is 17.4 Å². The number of nitrogens with zero attached hydrogens (tertiary/aromatic N) is 2. The molecule has 0 saturated carbocycles. The van der Waals surface area contributed by atoms with Crippen LogP contribution in [0.3, 0.4) is 0 Å². The molecule has 0 bridgehead atoms. The van der Waals surface area contributed by atoms with Gasteiger partial charge in [-0.25, -0.2) is 0 Å². The lowest BCUT2D eigenvalue weighted by Crippen LogP contribution is -2.31. The van der Waals surface area contributed by atoms with E-state index in [1.165, 1.54) is 5.69 Å². The molecular formula is C10H18BrN3. The Morgan fingerprint density at radius 1 is 1.57 bits per heavy atom. The van der Waals surface area contributed by atoms with E-state index in [1.54, 1.807) is 0 Å². The van der Waals surface area contributed by atoms with Crippen LogP contribution in [0.25, 0.3) is 0 Å². The first kappa shape index (κ1) is 11.7. The molecule has 0 aliphatic carbocycles. The van der Waals surface area contributed by atoms with Gasteiger partial charge in [0.1, 0.15) is 0 Å². The highest BCUT2D eigenvalue weighted by Gasteiger charge is 2.25. The SMILES string of the molecule is CCCn1ncc(Br)c1C(C)(C)CN. The fraction of sp³-hybridized carbons (Fsp3) is 0.700. The number of aryl methyl sites for hydroxylation is 1. The average Bonchev–Trinajstić information content (AvgIpc) is 2.48. The first-order valence-electron chi connectivity index (χ1n) is 4.94. The summed E-state index contributed by atoms with van der Waals surface area (Å²) in [7, 11) is 0. The molecule has 1 heterocycles. The Balaban J connectivity index is 3.10. The van der Waals surface area contributed by atoms with Crippen molar-refractivity contribution in [2.45, 2.75) is 39.2 Å². The van der Waals surface area contributed by atoms with Gasteiger partial charge in [0.15, 0.2) is 0 Å². The highest BCUT2D eigenvalue weighted by Crippen LogP contribution is 2.29. The van der Waals surface area contributed by atoms with E-state index in [4.69, 9.17) is 5.73 Å². The van der Waals surface area contributed by atoms with Crippen LogP contribution in [-0.2, 0) is 12.0 Å². The molecule has 0 aromatic carbocycles. The molecular weight excluding hydrogens is 242 g/mol. The predicted molar refractivity (Wildman–Crippen MR) is 62.3 cm³/mol. The van der Waals surface area contributed by atoms with Crippen LogP contribution in [0.2, 0.25) is 0 Å². The van der Waals surface area contributed by atoms with Gasteiger partial charge in [-0.3, -0.25) is 4.68 Å². The summed E-state index contributed by atoms with van der Waals surface area (Å²) >= 11 is 3.52. The highest BCUT2D eigenvalue weighted by atomic mass is 79.9. The van der Waals surface area contributed by atoms with Gasteiger partial charge < -0.3 is 5.73 Å². The molecule has 4 heteroatoms. The average molecular weight is 260 g/mol. The van der Waals surface area contributed by atoms with Crippen LogP contribution in [0.15, 0.2) is 10.7 Å². The molecule has 3 nitrogen and oxygen atoms in total. The third kappa shape index (κ3) is 2.17. The minimum atomic E-state index is -0.0233. The summed E-state index contributed by atoms with van der Waals surface area (Å²) < 4.78 is 3.10. The fourth-order valence-electron chi connectivity index (χ4n) is 1.51. The smallest absolute Gasteiger partial charge is 0.0635 e. The minimum absolute atomic E-state index is 0.0233. The Morgan fingerprint density at radius 3 is 2.71 bits per heavy atom. The summed E-state index contributed by atoms with van der Waals surface area (Å²) in [5.74, 6) is 0. The summed E-state index contributed by atoms with van der Waals surface area (Å²) in [6.07, 6.45) is 2.93. The Kier molecular flexibility index (Phi) is 3.72. The van der Waals surface area contributed by atoms with Crippen molar-refractivity contribution < 1.29 is 0 Å². The molecule has 0 atom stereocenters. The molecule has 80 valence electrons. The number of nitrogens with two attached hydrogens (primary N) is 1. The van der Waals surface area contributed by atoms with Gasteiger partial charge in [0.05, 0.1) is 16.4 Å². The minimum Gasteiger partial charge on any atom is -0.330 e. The van der Waals surface area contributed by atoms with E-state index < -0.39 is 0 Å². The maximum absolute atomic E-state index is 5.77. The molecule has 0 fully saturated rings. The van der Waals surface area contributed by atoms with Crippen molar-refractivity contribution in [3.8, 4) is 0 Å². The molecule has 1 aromatic rings. The maximum Gasteiger partial charge on any atom is 0.0635 e. The predicted octanol–water partition coefficient (Wildman–Crippen LogP) is 2.29. The van der Waals surface area contributed by atoms with Crippen LogP contribution in [0.5, 0.6) is 0 Å². The van der Waals surface area contributed by atoms with Crippen molar-refractivity contribution in [2.75, 3.05) is 6.54 Å². The number of rotatable bonds is 4. The van der Waals surface area contributed by atoms with Gasteiger partial charge in [-0.05, 0) is 22.4 Å². The van der Waals surface area contributed by atoms with Crippen molar-refractivity contribution in [2.24, 2.45) is 5.73 Å². The van der Waals surface area contributed by atoms with Crippen LogP contribution in [0, 0.1) is 0 Å². The molecule has 0 aliphatic heterocycles. The first-order valence-corrected chi connectivity index (χ1v) is 5.74. The number of halogens is 1. The molecule has 1 aromatic heterocycles. The Hall–Kier alpha value is -0.350. The van der Waals surface area contributed by atoms with Crippen molar-refractivity contribution >= 4 is 15.9 Å². The second-order valence-corrected chi connectivity index (χ2v) is 5.01. The molecule has 2 N–H and O–H groups in total. The van der Waals surface area contributed by atoms with E-state index >= 15 is 0 Å². The van der Waals surface area contributed by atoms with Gasteiger partial charge in [-0.1, -0.05) is 20.8 Å². The summed E-state index contributed by atoms with van der Waals surface area (Å²) in [6, 6.07) is 0. The lowest BCUT2D eigenvalue weighted by Gasteiger charge is -2.24. The van der Waals surface area contributed by atoms with Gasteiger partial charge in [0, 0.05) is 18.5 Å². The van der Waals surface area contributed by atoms with Gasteiger partial charge in [-0.15, -0.1) is 0 Å². The summed E-state index contributed by atoms with van der Waals surface area (Å²) in [5.41, 5.74) is 6.94. The van der Waals surface area contributed by atoms with Crippen LogP contribution >= 0.6 is 15.9 Å². The summed E-state index contributed by atoms with van der Waals surface area (Å²) in [5, 5.41) is 4.33. The number of aromatic nitrogens is 2. The Morgan fingerprint density at radius 2 is 2.21 bits per heavy atom. The van der Waals surface area contributed by atoms with Gasteiger partial charge >= 0.3 is 0 Å². The normalized spacial score (nSPS) is 12.1. The summed E-state index contributed by atoms with van der Waals surface area (Å²) in [6.45, 7) is 8.00. The quantitative estimate of drug-likeness (QED) is 0.902. The van der Waals surface area contributed by atoms with Gasteiger partial charge in [-0.2, -0.15) is 5.10 Å². The van der Waals surface area contributed by atoms with Crippen molar-refractivity contribution in [1.29, 1.82) is 0 Å². The molecule has 0 amide bonds. The molecule has 0 radical (unpaired) electrons. The number of hydrogen-bond acceptors (Lipinski definition) is 2. The third-order valence-electron chi connectivity index (χ3n) is 2.38. The standard InChI is InChI=1S/C10H18BrN3/c1-4-5-14-9(8(11)6-13-14)10(2,3)7-12/h6H,4-5,7,12H2,1-3H3. The number of hydrogen-bond donors (Lipinski definition) is 1. The van der Waals surface area contributed by atoms with Gasteiger partial charge in [0.2, 0.25) is 0 Å². The van der Waals surface area contributed by atoms with Crippen LogP contribution in [-0.4, -0.2) is 16.3 Å². The summed E-state index contributed by atoms with van der Waals surface area (Å²) in [4.78, 5) is 0. The topological polar surface area (TPSA) is 43.8 Å². The van der Waals surface area contributed by atoms with Gasteiger partial charge in [0.25, 0.3) is 0 Å². The lowest BCUT2D eigenvalue weighted by molar-refractivity contribution is 0.456. The third-order valence-corrected chi connectivity index (χ3v) is 2.96. The lowest BCUT2D eigenvalue weighted by atomic mass is 9.89. The van der Waals surface area contributed by atoms with Crippen LogP contribution < -0.4 is 5.73 Å². The largest absolute Gasteiger partial charge is 0.330 e. The first-order chi connectivity index (χ1) is 6.53. The molecule has 0 spiro atoms. The molecule has 0 aliphatic rings. The monoisotopic (exact) mass is 259 g/mol. The van der Waals surface area contributed by atoms with E-state index in [1.807, 2.05) is 10.9 Å². The Bertz CT molecular complexity index is 304. The second-order valence-electron chi connectivity index (χ2n) is 4.15. The van der Waals surface area contributed by atoms with E-state index in [-0.39, 0.29) is 5.41 Å². The maximum atomic E-state index is 5.77. The van der Waals surface area contributed by atoms with E-state index in [2.05, 4.69) is 41.8 Å². The molecule has 0 unspecified atom stereocenters. The highest BCUT2D eigenvalue weighted by molar-refractivity contribution is 9.10. The Labute approximate surface area is 93.8 Å². The molecule has 0 saturated heterocycles.